The molecule has 1 amide bonds. The zero-order chi connectivity index (χ0) is 19.4. The van der Waals surface area contributed by atoms with Gasteiger partial charge in [-0.3, -0.25) is 9.59 Å². The third kappa shape index (κ3) is 6.02. The van der Waals surface area contributed by atoms with Gasteiger partial charge in [-0.25, -0.2) is 12.7 Å². The van der Waals surface area contributed by atoms with Crippen LogP contribution in [0, 0.1) is 5.92 Å². The highest BCUT2D eigenvalue weighted by Crippen LogP contribution is 2.18. The predicted molar refractivity (Wildman–Crippen MR) is 81.4 cm³/mol. The number of benzene rings is 1. The van der Waals surface area contributed by atoms with Gasteiger partial charge in [-0.05, 0) is 18.2 Å². The Morgan fingerprint density at radius 2 is 1.92 bits per heavy atom. The molecule has 1 aromatic carbocycles. The molecule has 11 heteroatoms. The summed E-state index contributed by atoms with van der Waals surface area (Å²) in [6, 6.07) is 4.48. The molecule has 0 saturated heterocycles. The van der Waals surface area contributed by atoms with Gasteiger partial charge in [0.05, 0.1) is 10.8 Å². The maximum absolute atomic E-state index is 12.4. The monoisotopic (exact) mass is 382 g/mol. The van der Waals surface area contributed by atoms with Gasteiger partial charge in [0.15, 0.2) is 0 Å². The summed E-state index contributed by atoms with van der Waals surface area (Å²) in [5.74, 6) is -3.21. The van der Waals surface area contributed by atoms with Crippen molar-refractivity contribution in [1.82, 2.24) is 9.62 Å². The Morgan fingerprint density at radius 3 is 2.44 bits per heavy atom. The number of hydrogen-bond acceptors (Lipinski definition) is 4. The van der Waals surface area contributed by atoms with Crippen molar-refractivity contribution in [3.05, 3.63) is 29.8 Å². The first-order valence-electron chi connectivity index (χ1n) is 6.99. The summed E-state index contributed by atoms with van der Waals surface area (Å²) in [6.45, 7) is -0.517. The molecule has 1 unspecified atom stereocenters. The van der Waals surface area contributed by atoms with Crippen molar-refractivity contribution < 1.29 is 36.3 Å². The van der Waals surface area contributed by atoms with Crippen LogP contribution in [-0.4, -0.2) is 56.0 Å². The van der Waals surface area contributed by atoms with Gasteiger partial charge in [-0.15, -0.1) is 0 Å². The lowest BCUT2D eigenvalue weighted by Crippen LogP contribution is -2.35. The molecule has 0 heterocycles. The highest BCUT2D eigenvalue weighted by molar-refractivity contribution is 7.89. The van der Waals surface area contributed by atoms with Crippen molar-refractivity contribution in [3.8, 4) is 0 Å². The second-order valence-corrected chi connectivity index (χ2v) is 7.40. The first-order chi connectivity index (χ1) is 11.3. The first-order valence-corrected chi connectivity index (χ1v) is 8.43. The number of carbonyl (C=O) groups excluding carboxylic acids is 1. The number of carboxylic acid groups (broad SMARTS) is 1. The lowest BCUT2D eigenvalue weighted by Gasteiger charge is -2.19. The van der Waals surface area contributed by atoms with Crippen molar-refractivity contribution in [2.75, 3.05) is 20.1 Å². The van der Waals surface area contributed by atoms with Crippen LogP contribution in [0.1, 0.15) is 17.3 Å². The molecule has 1 rings (SSSR count). The first kappa shape index (κ1) is 20.9. The number of rotatable bonds is 7. The van der Waals surface area contributed by atoms with Crippen molar-refractivity contribution in [2.24, 2.45) is 5.92 Å². The van der Waals surface area contributed by atoms with E-state index in [9.17, 15) is 31.2 Å². The summed E-state index contributed by atoms with van der Waals surface area (Å²) in [5, 5.41) is 10.5. The van der Waals surface area contributed by atoms with Crippen LogP contribution >= 0.6 is 0 Å². The average Bonchev–Trinajstić information content (AvgIpc) is 2.51. The van der Waals surface area contributed by atoms with E-state index in [4.69, 9.17) is 5.11 Å². The van der Waals surface area contributed by atoms with Crippen LogP contribution in [0.15, 0.2) is 29.2 Å². The van der Waals surface area contributed by atoms with Gasteiger partial charge in [-0.2, -0.15) is 13.2 Å². The number of aliphatic carboxylic acids is 1. The smallest absolute Gasteiger partial charge is 0.405 e. The molecule has 1 atom stereocenters. The summed E-state index contributed by atoms with van der Waals surface area (Å²) in [7, 11) is -2.93. The van der Waals surface area contributed by atoms with Crippen LogP contribution < -0.4 is 5.32 Å². The largest absolute Gasteiger partial charge is 0.481 e. The Kier molecular flexibility index (Phi) is 6.54. The van der Waals surface area contributed by atoms with Gasteiger partial charge in [0.25, 0.3) is 5.91 Å². The minimum absolute atomic E-state index is 0.259. The molecule has 0 radical (unpaired) electrons. The van der Waals surface area contributed by atoms with E-state index < -0.39 is 40.5 Å². The van der Waals surface area contributed by atoms with Crippen LogP contribution in [0.25, 0.3) is 0 Å². The molecule has 140 valence electrons. The molecule has 2 N–H and O–H groups in total. The van der Waals surface area contributed by atoms with Crippen LogP contribution in [0.3, 0.4) is 0 Å². The molecule has 25 heavy (non-hydrogen) atoms. The maximum Gasteiger partial charge on any atom is 0.405 e. The van der Waals surface area contributed by atoms with Gasteiger partial charge >= 0.3 is 12.1 Å². The van der Waals surface area contributed by atoms with E-state index in [0.29, 0.717) is 0 Å². The van der Waals surface area contributed by atoms with E-state index >= 15 is 0 Å². The van der Waals surface area contributed by atoms with Crippen molar-refractivity contribution in [1.29, 1.82) is 0 Å². The minimum atomic E-state index is -4.59. The number of alkyl halides is 3. The van der Waals surface area contributed by atoms with Gasteiger partial charge in [-0.1, -0.05) is 13.0 Å². The molecule has 7 nitrogen and oxygen atoms in total. The third-order valence-electron chi connectivity index (χ3n) is 3.21. The van der Waals surface area contributed by atoms with Gasteiger partial charge < -0.3 is 10.4 Å². The zero-order valence-electron chi connectivity index (χ0n) is 13.4. The third-order valence-corrected chi connectivity index (χ3v) is 5.03. The number of nitrogens with zero attached hydrogens (tertiary/aromatic N) is 1. The fourth-order valence-corrected chi connectivity index (χ4v) is 3.13. The lowest BCUT2D eigenvalue weighted by atomic mass is 10.2. The fraction of sp³-hybridized carbons (Fsp3) is 0.429. The van der Waals surface area contributed by atoms with E-state index in [2.05, 4.69) is 0 Å². The van der Waals surface area contributed by atoms with Crippen LogP contribution in [0.5, 0.6) is 0 Å². The van der Waals surface area contributed by atoms with E-state index in [1.807, 2.05) is 0 Å². The summed E-state index contributed by atoms with van der Waals surface area (Å²) >= 11 is 0. The zero-order valence-corrected chi connectivity index (χ0v) is 14.2. The average molecular weight is 382 g/mol. The Bertz CT molecular complexity index is 749. The molecule has 0 aliphatic carbocycles. The molecule has 0 fully saturated rings. The van der Waals surface area contributed by atoms with Crippen LogP contribution in [-0.2, 0) is 14.8 Å². The molecule has 1 aromatic rings. The maximum atomic E-state index is 12.4. The SMILES string of the molecule is CC(CN(C)S(=O)(=O)c1cccc(C(=O)NCC(F)(F)F)c1)C(=O)O. The number of sulfonamides is 1. The number of hydrogen-bond donors (Lipinski definition) is 2. The van der Waals surface area contributed by atoms with Crippen molar-refractivity contribution >= 4 is 21.9 Å². The summed E-state index contributed by atoms with van der Waals surface area (Å²) in [4.78, 5) is 22.2. The Morgan fingerprint density at radius 1 is 1.32 bits per heavy atom. The van der Waals surface area contributed by atoms with Gasteiger partial charge in [0, 0.05) is 19.2 Å². The van der Waals surface area contributed by atoms with Crippen molar-refractivity contribution in [3.63, 3.8) is 0 Å². The highest BCUT2D eigenvalue weighted by Gasteiger charge is 2.29. The number of halogens is 3. The molecule has 0 aliphatic rings. The van der Waals surface area contributed by atoms with Gasteiger partial charge in [0.1, 0.15) is 6.54 Å². The van der Waals surface area contributed by atoms with Crippen molar-refractivity contribution in [2.45, 2.75) is 18.0 Å². The molecule has 0 saturated carbocycles. The van der Waals surface area contributed by atoms with Crippen LogP contribution in [0.4, 0.5) is 13.2 Å². The quantitative estimate of drug-likeness (QED) is 0.740. The topological polar surface area (TPSA) is 104 Å². The Hall–Kier alpha value is -2.14. The molecular formula is C14H17F3N2O5S. The number of amides is 1. The lowest BCUT2D eigenvalue weighted by molar-refractivity contribution is -0.141. The molecule has 0 aliphatic heterocycles. The normalized spacial score (nSPS) is 13.5. The van der Waals surface area contributed by atoms with E-state index in [-0.39, 0.29) is 17.0 Å². The number of nitrogens with one attached hydrogen (secondary N) is 1. The molecule has 0 bridgehead atoms. The number of carboxylic acids is 1. The Balaban J connectivity index is 2.99. The van der Waals surface area contributed by atoms with E-state index in [1.165, 1.54) is 26.1 Å². The molecule has 0 spiro atoms. The summed E-state index contributed by atoms with van der Waals surface area (Å²) in [5.41, 5.74) is -0.259. The molecule has 0 aromatic heterocycles. The summed E-state index contributed by atoms with van der Waals surface area (Å²) < 4.78 is 62.0. The predicted octanol–water partition coefficient (Wildman–Crippen LogP) is 1.32. The van der Waals surface area contributed by atoms with Crippen LogP contribution in [0.2, 0.25) is 0 Å². The molecular weight excluding hydrogens is 365 g/mol. The minimum Gasteiger partial charge on any atom is -0.481 e. The van der Waals surface area contributed by atoms with E-state index in [1.54, 1.807) is 5.32 Å². The second-order valence-electron chi connectivity index (χ2n) is 5.35. The number of carbonyl (C=O) groups is 2. The standard InChI is InChI=1S/C14H17F3N2O5S/c1-9(13(21)22)7-19(2)25(23,24)11-5-3-4-10(6-11)12(20)18-8-14(15,16)17/h3-6,9H,7-8H2,1-2H3,(H,18,20)(H,21,22). The highest BCUT2D eigenvalue weighted by atomic mass is 32.2. The Labute approximate surface area is 142 Å². The summed E-state index contributed by atoms with van der Waals surface area (Å²) in [6.07, 6.45) is -4.59. The van der Waals surface area contributed by atoms with E-state index in [0.717, 1.165) is 16.4 Å². The van der Waals surface area contributed by atoms with Gasteiger partial charge in [0.2, 0.25) is 10.0 Å². The fourth-order valence-electron chi connectivity index (χ4n) is 1.82. The second kappa shape index (κ2) is 7.83.